The molecule has 32 heavy (non-hydrogen) atoms. The van der Waals surface area contributed by atoms with Crippen molar-refractivity contribution in [1.82, 2.24) is 5.32 Å². The first kappa shape index (κ1) is 23.6. The molecule has 0 saturated carbocycles. The second kappa shape index (κ2) is 10.5. The molecule has 170 valence electrons. The Balaban J connectivity index is 0.00000289. The van der Waals surface area contributed by atoms with E-state index in [0.717, 1.165) is 37.3 Å². The summed E-state index contributed by atoms with van der Waals surface area (Å²) >= 11 is 0. The van der Waals surface area contributed by atoms with Crippen molar-refractivity contribution in [3.05, 3.63) is 54.1 Å². The number of primary amides is 1. The number of hydrogen-bond donors (Lipinski definition) is 3. The average molecular weight is 458 g/mol. The first-order chi connectivity index (χ1) is 15.0. The van der Waals surface area contributed by atoms with Gasteiger partial charge in [-0.05, 0) is 55.3 Å². The van der Waals surface area contributed by atoms with E-state index in [0.29, 0.717) is 30.8 Å². The van der Waals surface area contributed by atoms with Crippen LogP contribution in [0.5, 0.6) is 0 Å². The Bertz CT molecular complexity index is 982. The van der Waals surface area contributed by atoms with Crippen LogP contribution in [0.2, 0.25) is 0 Å². The van der Waals surface area contributed by atoms with Crippen molar-refractivity contribution in [3.63, 3.8) is 0 Å². The second-order valence-electron chi connectivity index (χ2n) is 7.87. The number of carbonyl (C=O) groups is 3. The summed E-state index contributed by atoms with van der Waals surface area (Å²) < 4.78 is 0. The van der Waals surface area contributed by atoms with Gasteiger partial charge in [0, 0.05) is 55.2 Å². The zero-order valence-electron chi connectivity index (χ0n) is 17.8. The molecule has 4 N–H and O–H groups in total. The number of halogens is 1. The fourth-order valence-electron chi connectivity index (χ4n) is 4.11. The second-order valence-corrected chi connectivity index (χ2v) is 7.87. The molecule has 4 rings (SSSR count). The van der Waals surface area contributed by atoms with Gasteiger partial charge in [0.25, 0.3) is 0 Å². The summed E-state index contributed by atoms with van der Waals surface area (Å²) in [6.07, 6.45) is 2.53. The lowest BCUT2D eigenvalue weighted by molar-refractivity contribution is -0.119. The number of nitrogens with zero attached hydrogens (tertiary/aromatic N) is 2. The van der Waals surface area contributed by atoms with E-state index < -0.39 is 11.9 Å². The maximum atomic E-state index is 13.1. The molecule has 2 aromatic rings. The van der Waals surface area contributed by atoms with E-state index in [1.54, 1.807) is 23.1 Å². The maximum absolute atomic E-state index is 13.1. The van der Waals surface area contributed by atoms with Crippen LogP contribution in [0.15, 0.2) is 48.5 Å². The largest absolute Gasteiger partial charge is 0.366 e. The highest BCUT2D eigenvalue weighted by molar-refractivity contribution is 5.99. The number of piperazine rings is 1. The quantitative estimate of drug-likeness (QED) is 0.637. The van der Waals surface area contributed by atoms with Gasteiger partial charge in [0.05, 0.1) is 0 Å². The summed E-state index contributed by atoms with van der Waals surface area (Å²) in [4.78, 5) is 40.5. The summed E-state index contributed by atoms with van der Waals surface area (Å²) in [6.45, 7) is 2.60. The minimum Gasteiger partial charge on any atom is -0.366 e. The van der Waals surface area contributed by atoms with E-state index in [-0.39, 0.29) is 24.2 Å². The summed E-state index contributed by atoms with van der Waals surface area (Å²) in [5.74, 6) is -0.492. The van der Waals surface area contributed by atoms with Crippen molar-refractivity contribution in [2.75, 3.05) is 41.3 Å². The molecule has 0 radical (unpaired) electrons. The Morgan fingerprint density at radius 2 is 1.81 bits per heavy atom. The molecule has 1 atom stereocenters. The SMILES string of the molecule is Cl.NC(=O)c1cccc(N2CCNCC2C(=O)Nc2ccc(N3CCCCC3=O)cc2)c1. The molecule has 8 nitrogen and oxygen atoms in total. The monoisotopic (exact) mass is 457 g/mol. The number of carbonyl (C=O) groups excluding carboxylic acids is 3. The van der Waals surface area contributed by atoms with Crippen LogP contribution >= 0.6 is 12.4 Å². The molecule has 0 aliphatic carbocycles. The van der Waals surface area contributed by atoms with Crippen molar-refractivity contribution < 1.29 is 14.4 Å². The normalized spacial score (nSPS) is 18.6. The van der Waals surface area contributed by atoms with E-state index in [4.69, 9.17) is 5.73 Å². The molecule has 9 heteroatoms. The third kappa shape index (κ3) is 5.20. The van der Waals surface area contributed by atoms with E-state index in [9.17, 15) is 14.4 Å². The number of rotatable bonds is 5. The van der Waals surface area contributed by atoms with Crippen LogP contribution in [-0.2, 0) is 9.59 Å². The highest BCUT2D eigenvalue weighted by Crippen LogP contribution is 2.24. The summed E-state index contributed by atoms with van der Waals surface area (Å²) in [7, 11) is 0. The van der Waals surface area contributed by atoms with E-state index in [1.807, 2.05) is 35.2 Å². The predicted octanol–water partition coefficient (Wildman–Crippen LogP) is 2.14. The minimum atomic E-state index is -0.495. The average Bonchev–Trinajstić information content (AvgIpc) is 2.80. The van der Waals surface area contributed by atoms with Crippen LogP contribution in [0.3, 0.4) is 0 Å². The molecule has 0 spiro atoms. The van der Waals surface area contributed by atoms with Crippen LogP contribution in [0.4, 0.5) is 17.1 Å². The Kier molecular flexibility index (Phi) is 7.71. The highest BCUT2D eigenvalue weighted by atomic mass is 35.5. The van der Waals surface area contributed by atoms with Crippen molar-refractivity contribution >= 4 is 47.2 Å². The zero-order valence-corrected chi connectivity index (χ0v) is 18.6. The third-order valence-electron chi connectivity index (χ3n) is 5.78. The van der Waals surface area contributed by atoms with Gasteiger partial charge in [-0.15, -0.1) is 12.4 Å². The standard InChI is InChI=1S/C23H27N5O3.ClH/c24-22(30)16-4-3-5-19(14-16)27-13-11-25-15-20(27)23(31)26-17-7-9-18(10-8-17)28-12-2-1-6-21(28)29;/h3-5,7-10,14,20,25H,1-2,6,11-13,15H2,(H2,24,30)(H,26,31);1H. The molecule has 2 aliphatic rings. The smallest absolute Gasteiger partial charge is 0.248 e. The Hall–Kier alpha value is -3.10. The first-order valence-corrected chi connectivity index (χ1v) is 10.6. The molecule has 1 unspecified atom stereocenters. The van der Waals surface area contributed by atoms with Crippen LogP contribution in [0, 0.1) is 0 Å². The van der Waals surface area contributed by atoms with Crippen molar-refractivity contribution in [2.45, 2.75) is 25.3 Å². The fourth-order valence-corrected chi connectivity index (χ4v) is 4.11. The van der Waals surface area contributed by atoms with Crippen molar-refractivity contribution in [1.29, 1.82) is 0 Å². The predicted molar refractivity (Wildman–Crippen MR) is 127 cm³/mol. The third-order valence-corrected chi connectivity index (χ3v) is 5.78. The van der Waals surface area contributed by atoms with Crippen LogP contribution in [-0.4, -0.2) is 49.9 Å². The van der Waals surface area contributed by atoms with Gasteiger partial charge in [-0.1, -0.05) is 6.07 Å². The topological polar surface area (TPSA) is 108 Å². The van der Waals surface area contributed by atoms with Crippen LogP contribution < -0.4 is 26.2 Å². The molecule has 2 saturated heterocycles. The number of benzene rings is 2. The summed E-state index contributed by atoms with van der Waals surface area (Å²) in [6, 6.07) is 14.0. The maximum Gasteiger partial charge on any atom is 0.248 e. The molecule has 3 amide bonds. The molecular weight excluding hydrogens is 430 g/mol. The van der Waals surface area contributed by atoms with Crippen molar-refractivity contribution in [2.24, 2.45) is 5.73 Å². The Morgan fingerprint density at radius 1 is 1.03 bits per heavy atom. The summed E-state index contributed by atoms with van der Waals surface area (Å²) in [5.41, 5.74) is 8.14. The molecule has 0 bridgehead atoms. The first-order valence-electron chi connectivity index (χ1n) is 10.6. The number of nitrogens with one attached hydrogen (secondary N) is 2. The molecule has 2 heterocycles. The summed E-state index contributed by atoms with van der Waals surface area (Å²) in [5, 5.41) is 6.23. The highest BCUT2D eigenvalue weighted by Gasteiger charge is 2.29. The molecule has 2 fully saturated rings. The lowest BCUT2D eigenvalue weighted by atomic mass is 10.1. The van der Waals surface area contributed by atoms with Gasteiger partial charge in [-0.3, -0.25) is 14.4 Å². The Morgan fingerprint density at radius 3 is 2.53 bits per heavy atom. The van der Waals surface area contributed by atoms with Gasteiger partial charge < -0.3 is 26.2 Å². The minimum absolute atomic E-state index is 0. The number of amides is 3. The molecule has 0 aromatic heterocycles. The van der Waals surface area contributed by atoms with Gasteiger partial charge in [-0.25, -0.2) is 0 Å². The van der Waals surface area contributed by atoms with Gasteiger partial charge in [-0.2, -0.15) is 0 Å². The van der Waals surface area contributed by atoms with Gasteiger partial charge in [0.1, 0.15) is 6.04 Å². The number of anilines is 3. The molecule has 2 aromatic carbocycles. The van der Waals surface area contributed by atoms with Gasteiger partial charge in [0.15, 0.2) is 0 Å². The zero-order chi connectivity index (χ0) is 21.8. The number of piperidine rings is 1. The molecular formula is C23H28ClN5O3. The van der Waals surface area contributed by atoms with E-state index >= 15 is 0 Å². The van der Waals surface area contributed by atoms with Crippen LogP contribution in [0.25, 0.3) is 0 Å². The van der Waals surface area contributed by atoms with Gasteiger partial charge in [0.2, 0.25) is 17.7 Å². The van der Waals surface area contributed by atoms with Gasteiger partial charge >= 0.3 is 0 Å². The lowest BCUT2D eigenvalue weighted by Gasteiger charge is -2.37. The Labute approximate surface area is 193 Å². The fraction of sp³-hybridized carbons (Fsp3) is 0.348. The van der Waals surface area contributed by atoms with E-state index in [2.05, 4.69) is 10.6 Å². The van der Waals surface area contributed by atoms with Crippen molar-refractivity contribution in [3.8, 4) is 0 Å². The molecule has 2 aliphatic heterocycles. The lowest BCUT2D eigenvalue weighted by Crippen LogP contribution is -2.56. The van der Waals surface area contributed by atoms with E-state index in [1.165, 1.54) is 0 Å². The van der Waals surface area contributed by atoms with Crippen LogP contribution in [0.1, 0.15) is 29.6 Å². The number of nitrogens with two attached hydrogens (primary N) is 1. The number of hydrogen-bond acceptors (Lipinski definition) is 5.